The van der Waals surface area contributed by atoms with Crippen molar-refractivity contribution in [3.8, 4) is 12.3 Å². The molecule has 1 aromatic rings. The van der Waals surface area contributed by atoms with Crippen molar-refractivity contribution >= 4 is 11.6 Å². The van der Waals surface area contributed by atoms with Crippen LogP contribution in [0.15, 0.2) is 18.2 Å². The van der Waals surface area contributed by atoms with Gasteiger partial charge in [0.15, 0.2) is 0 Å². The highest BCUT2D eigenvalue weighted by atomic mass is 35.5. The lowest BCUT2D eigenvalue weighted by atomic mass is 10.2. The fraction of sp³-hybridized carbons (Fsp3) is 0.200. The molecule has 0 spiro atoms. The van der Waals surface area contributed by atoms with Gasteiger partial charge < -0.3 is 5.32 Å². The topological polar surface area (TPSA) is 12.0 Å². The number of terminal acetylenes is 1. The largest absolute Gasteiger partial charge is 0.302 e. The van der Waals surface area contributed by atoms with Gasteiger partial charge in [0.2, 0.25) is 0 Å². The fourth-order valence-corrected chi connectivity index (χ4v) is 1.13. The molecule has 0 amide bonds. The molecule has 1 nitrogen and oxygen atoms in total. The predicted octanol–water partition coefficient (Wildman–Crippen LogP) is 2.20. The van der Waals surface area contributed by atoms with Crippen LogP contribution in [0.5, 0.6) is 0 Å². The van der Waals surface area contributed by atoms with E-state index in [4.69, 9.17) is 18.0 Å². The maximum Gasteiger partial charge on any atom is 0.123 e. The van der Waals surface area contributed by atoms with Crippen molar-refractivity contribution in [1.82, 2.24) is 5.32 Å². The minimum Gasteiger partial charge on any atom is -0.302 e. The zero-order valence-corrected chi connectivity index (χ0v) is 7.74. The molecule has 0 aliphatic heterocycles. The molecule has 0 fully saturated rings. The van der Waals surface area contributed by atoms with Crippen molar-refractivity contribution in [2.24, 2.45) is 0 Å². The Bertz CT molecular complexity index is 330. The van der Waals surface area contributed by atoms with E-state index < -0.39 is 0 Å². The predicted molar refractivity (Wildman–Crippen MR) is 51.9 cm³/mol. The first-order valence-corrected chi connectivity index (χ1v) is 4.20. The first kappa shape index (κ1) is 10.0. The summed E-state index contributed by atoms with van der Waals surface area (Å²) in [7, 11) is 0. The SMILES string of the molecule is C#CCNCc1cc(F)ccc1Cl. The van der Waals surface area contributed by atoms with E-state index in [-0.39, 0.29) is 5.82 Å². The van der Waals surface area contributed by atoms with Gasteiger partial charge in [-0.05, 0) is 23.8 Å². The number of hydrogen-bond donors (Lipinski definition) is 1. The average Bonchev–Trinajstić information content (AvgIpc) is 2.11. The lowest BCUT2D eigenvalue weighted by molar-refractivity contribution is 0.623. The van der Waals surface area contributed by atoms with Gasteiger partial charge in [0, 0.05) is 11.6 Å². The lowest BCUT2D eigenvalue weighted by Gasteiger charge is -2.03. The minimum atomic E-state index is -0.290. The van der Waals surface area contributed by atoms with Crippen molar-refractivity contribution < 1.29 is 4.39 Å². The molecule has 0 unspecified atom stereocenters. The van der Waals surface area contributed by atoms with Gasteiger partial charge in [-0.3, -0.25) is 0 Å². The van der Waals surface area contributed by atoms with Gasteiger partial charge in [0.1, 0.15) is 5.82 Å². The Balaban J connectivity index is 2.65. The Morgan fingerprint density at radius 2 is 2.31 bits per heavy atom. The molecule has 0 aliphatic carbocycles. The summed E-state index contributed by atoms with van der Waals surface area (Å²) >= 11 is 5.82. The molecule has 13 heavy (non-hydrogen) atoms. The quantitative estimate of drug-likeness (QED) is 0.579. The first-order valence-electron chi connectivity index (χ1n) is 3.82. The molecule has 1 rings (SSSR count). The van der Waals surface area contributed by atoms with Crippen molar-refractivity contribution in [3.63, 3.8) is 0 Å². The summed E-state index contributed by atoms with van der Waals surface area (Å²) in [6.07, 6.45) is 5.04. The molecule has 3 heteroatoms. The number of halogens is 2. The molecule has 0 heterocycles. The van der Waals surface area contributed by atoms with E-state index in [0.717, 1.165) is 5.56 Å². The third-order valence-electron chi connectivity index (χ3n) is 1.55. The third kappa shape index (κ3) is 3.06. The molecule has 0 aromatic heterocycles. The van der Waals surface area contributed by atoms with Gasteiger partial charge in [-0.1, -0.05) is 17.5 Å². The highest BCUT2D eigenvalue weighted by molar-refractivity contribution is 6.31. The summed E-state index contributed by atoms with van der Waals surface area (Å²) in [5.74, 6) is 2.13. The van der Waals surface area contributed by atoms with Crippen molar-refractivity contribution in [3.05, 3.63) is 34.6 Å². The van der Waals surface area contributed by atoms with Crippen LogP contribution >= 0.6 is 11.6 Å². The van der Waals surface area contributed by atoms with E-state index in [1.54, 1.807) is 0 Å². The minimum absolute atomic E-state index is 0.290. The summed E-state index contributed by atoms with van der Waals surface area (Å²) in [5, 5.41) is 3.48. The standard InChI is InChI=1S/C10H9ClFN/c1-2-5-13-7-8-6-9(12)3-4-10(8)11/h1,3-4,6,13H,5,7H2. The van der Waals surface area contributed by atoms with Crippen molar-refractivity contribution in [2.75, 3.05) is 6.54 Å². The van der Waals surface area contributed by atoms with Gasteiger partial charge in [-0.15, -0.1) is 6.42 Å². The third-order valence-corrected chi connectivity index (χ3v) is 1.92. The van der Waals surface area contributed by atoms with Crippen LogP contribution in [0.3, 0.4) is 0 Å². The highest BCUT2D eigenvalue weighted by Gasteiger charge is 2.00. The van der Waals surface area contributed by atoms with E-state index in [9.17, 15) is 4.39 Å². The fourth-order valence-electron chi connectivity index (χ4n) is 0.948. The molecule has 0 bridgehead atoms. The van der Waals surface area contributed by atoms with Crippen LogP contribution in [-0.2, 0) is 6.54 Å². The second kappa shape index (κ2) is 4.86. The Morgan fingerprint density at radius 3 is 3.00 bits per heavy atom. The Labute approximate surface area is 81.9 Å². The summed E-state index contributed by atoms with van der Waals surface area (Å²) in [4.78, 5) is 0. The lowest BCUT2D eigenvalue weighted by Crippen LogP contribution is -2.13. The Kier molecular flexibility index (Phi) is 3.75. The molecular weight excluding hydrogens is 189 g/mol. The number of hydrogen-bond acceptors (Lipinski definition) is 1. The molecule has 0 atom stereocenters. The zero-order chi connectivity index (χ0) is 9.68. The Hall–Kier alpha value is -1.04. The van der Waals surface area contributed by atoms with Crippen molar-refractivity contribution in [1.29, 1.82) is 0 Å². The zero-order valence-electron chi connectivity index (χ0n) is 6.98. The van der Waals surface area contributed by atoms with Crippen LogP contribution in [0, 0.1) is 18.2 Å². The smallest absolute Gasteiger partial charge is 0.123 e. The molecule has 0 saturated heterocycles. The summed E-state index contributed by atoms with van der Waals surface area (Å²) in [6.45, 7) is 0.938. The van der Waals surface area contributed by atoms with Gasteiger partial charge in [0.05, 0.1) is 6.54 Å². The van der Waals surface area contributed by atoms with Gasteiger partial charge in [-0.2, -0.15) is 0 Å². The maximum absolute atomic E-state index is 12.7. The van der Waals surface area contributed by atoms with E-state index >= 15 is 0 Å². The van der Waals surface area contributed by atoms with E-state index in [2.05, 4.69) is 11.2 Å². The monoisotopic (exact) mass is 197 g/mol. The molecule has 68 valence electrons. The number of nitrogens with one attached hydrogen (secondary N) is 1. The summed E-state index contributed by atoms with van der Waals surface area (Å²) in [5.41, 5.74) is 0.719. The maximum atomic E-state index is 12.7. The molecule has 0 radical (unpaired) electrons. The van der Waals surface area contributed by atoms with Crippen LogP contribution in [-0.4, -0.2) is 6.54 Å². The normalized spacial score (nSPS) is 9.62. The molecule has 0 aliphatic rings. The van der Waals surface area contributed by atoms with Crippen LogP contribution in [0.25, 0.3) is 0 Å². The van der Waals surface area contributed by atoms with E-state index in [1.807, 2.05) is 0 Å². The Morgan fingerprint density at radius 1 is 1.54 bits per heavy atom. The second-order valence-electron chi connectivity index (χ2n) is 2.54. The summed E-state index contributed by atoms with van der Waals surface area (Å²) < 4.78 is 12.7. The van der Waals surface area contributed by atoms with E-state index in [1.165, 1.54) is 18.2 Å². The van der Waals surface area contributed by atoms with Crippen LogP contribution in [0.1, 0.15) is 5.56 Å². The van der Waals surface area contributed by atoms with Gasteiger partial charge in [-0.25, -0.2) is 4.39 Å². The second-order valence-corrected chi connectivity index (χ2v) is 2.95. The average molecular weight is 198 g/mol. The van der Waals surface area contributed by atoms with Gasteiger partial charge in [0.25, 0.3) is 0 Å². The van der Waals surface area contributed by atoms with Crippen LogP contribution in [0.2, 0.25) is 5.02 Å². The first-order chi connectivity index (χ1) is 6.24. The number of benzene rings is 1. The van der Waals surface area contributed by atoms with Gasteiger partial charge >= 0.3 is 0 Å². The van der Waals surface area contributed by atoms with Crippen molar-refractivity contribution in [2.45, 2.75) is 6.54 Å². The molecule has 0 saturated carbocycles. The molecule has 1 aromatic carbocycles. The molecule has 1 N–H and O–H groups in total. The molecular formula is C10H9ClFN. The summed E-state index contributed by atoms with van der Waals surface area (Å²) in [6, 6.07) is 4.25. The highest BCUT2D eigenvalue weighted by Crippen LogP contribution is 2.16. The van der Waals surface area contributed by atoms with E-state index in [0.29, 0.717) is 18.1 Å². The van der Waals surface area contributed by atoms with Crippen LogP contribution in [0.4, 0.5) is 4.39 Å². The van der Waals surface area contributed by atoms with Crippen LogP contribution < -0.4 is 5.32 Å². The number of rotatable bonds is 3.